The van der Waals surface area contributed by atoms with E-state index in [0.29, 0.717) is 40.8 Å². The van der Waals surface area contributed by atoms with Gasteiger partial charge in [0.25, 0.3) is 10.1 Å². The number of nitrogens with one attached hydrogen (secondary N) is 2. The largest absolute Gasteiger partial charge is 0.491 e. The number of carbonyl (C=O) groups is 1. The number of nitriles is 1. The lowest BCUT2D eigenvalue weighted by Crippen LogP contribution is -2.34. The molecule has 0 bridgehead atoms. The summed E-state index contributed by atoms with van der Waals surface area (Å²) >= 11 is 0. The van der Waals surface area contributed by atoms with Crippen LogP contribution in [-0.4, -0.2) is 49.8 Å². The normalized spacial score (nSPS) is 12.1. The molecule has 1 amide bonds. The number of hydrogen-bond donors (Lipinski definition) is 2. The average Bonchev–Trinajstić information content (AvgIpc) is 3.02. The van der Waals surface area contributed by atoms with Crippen LogP contribution in [0.25, 0.3) is 11.3 Å². The van der Waals surface area contributed by atoms with Gasteiger partial charge in [0.05, 0.1) is 22.3 Å². The molecule has 3 aromatic carbocycles. The Balaban J connectivity index is 1.33. The minimum atomic E-state index is -3.87. The van der Waals surface area contributed by atoms with Gasteiger partial charge < -0.3 is 20.1 Å². The van der Waals surface area contributed by atoms with Crippen LogP contribution in [0, 0.1) is 18.3 Å². The van der Waals surface area contributed by atoms with Gasteiger partial charge in [-0.15, -0.1) is 0 Å². The standard InChI is InChI=1S/C34H37N5O6S/c1-23-8-6-7-9-30(23)46(41,42)44-19-18-43-29-16-14-28(15-17-29)38-32-36-22-27(20-35)31(39-32)26-12-10-25(11-13-26)24(2)21-37-33(40)45-34(3,4)5/h6-17,22,24H,18-19,21H2,1-5H3,(H,37,40)(H,36,38,39). The molecule has 4 aromatic rings. The van der Waals surface area contributed by atoms with Crippen molar-refractivity contribution in [1.29, 1.82) is 5.26 Å². The van der Waals surface area contributed by atoms with Gasteiger partial charge >= 0.3 is 6.09 Å². The fourth-order valence-corrected chi connectivity index (χ4v) is 5.47. The zero-order valence-corrected chi connectivity index (χ0v) is 27.2. The van der Waals surface area contributed by atoms with Gasteiger partial charge in [-0.3, -0.25) is 4.18 Å². The molecule has 4 rings (SSSR count). The van der Waals surface area contributed by atoms with Crippen LogP contribution in [0.15, 0.2) is 83.9 Å². The Morgan fingerprint density at radius 2 is 1.70 bits per heavy atom. The maximum Gasteiger partial charge on any atom is 0.407 e. The number of aryl methyl sites for hydroxylation is 1. The van der Waals surface area contributed by atoms with Crippen molar-refractivity contribution in [2.24, 2.45) is 0 Å². The SMILES string of the molecule is Cc1ccccc1S(=O)(=O)OCCOc1ccc(Nc2ncc(C#N)c(-c3ccc(C(C)CNC(=O)OC(C)(C)C)cc3)n2)cc1. The molecule has 12 heteroatoms. The van der Waals surface area contributed by atoms with Gasteiger partial charge in [0, 0.05) is 17.8 Å². The van der Waals surface area contributed by atoms with E-state index in [9.17, 15) is 18.5 Å². The van der Waals surface area contributed by atoms with Crippen molar-refractivity contribution in [2.45, 2.75) is 51.0 Å². The smallest absolute Gasteiger partial charge is 0.407 e. The van der Waals surface area contributed by atoms with E-state index < -0.39 is 21.8 Å². The first-order valence-electron chi connectivity index (χ1n) is 14.6. The van der Waals surface area contributed by atoms with Gasteiger partial charge in [0.1, 0.15) is 30.6 Å². The third kappa shape index (κ3) is 9.50. The number of anilines is 2. The van der Waals surface area contributed by atoms with E-state index in [-0.39, 0.29) is 24.0 Å². The predicted octanol–water partition coefficient (Wildman–Crippen LogP) is 6.48. The number of hydrogen-bond acceptors (Lipinski definition) is 10. The van der Waals surface area contributed by atoms with Gasteiger partial charge in [0.15, 0.2) is 0 Å². The molecule has 1 aromatic heterocycles. The van der Waals surface area contributed by atoms with Crippen molar-refractivity contribution in [2.75, 3.05) is 25.1 Å². The van der Waals surface area contributed by atoms with Crippen LogP contribution in [0.5, 0.6) is 5.75 Å². The topological polar surface area (TPSA) is 153 Å². The number of amides is 1. The van der Waals surface area contributed by atoms with Crippen LogP contribution in [0.3, 0.4) is 0 Å². The summed E-state index contributed by atoms with van der Waals surface area (Å²) < 4.78 is 40.9. The maximum atomic E-state index is 12.4. The molecule has 0 spiro atoms. The van der Waals surface area contributed by atoms with Crippen LogP contribution in [-0.2, 0) is 19.0 Å². The van der Waals surface area contributed by atoms with Gasteiger partial charge in [-0.25, -0.2) is 14.8 Å². The van der Waals surface area contributed by atoms with Gasteiger partial charge in [-0.2, -0.15) is 13.7 Å². The van der Waals surface area contributed by atoms with E-state index in [4.69, 9.17) is 13.7 Å². The Labute approximate surface area is 269 Å². The molecule has 2 N–H and O–H groups in total. The van der Waals surface area contributed by atoms with Gasteiger partial charge in [-0.05, 0) is 75.1 Å². The second-order valence-corrected chi connectivity index (χ2v) is 13.1. The monoisotopic (exact) mass is 643 g/mol. The molecule has 1 unspecified atom stereocenters. The molecule has 46 heavy (non-hydrogen) atoms. The lowest BCUT2D eigenvalue weighted by Gasteiger charge is -2.21. The molecule has 0 aliphatic rings. The van der Waals surface area contributed by atoms with Crippen molar-refractivity contribution in [3.8, 4) is 23.1 Å². The summed E-state index contributed by atoms with van der Waals surface area (Å²) in [7, 11) is -3.87. The molecule has 0 saturated heterocycles. The Morgan fingerprint density at radius 1 is 1.00 bits per heavy atom. The highest BCUT2D eigenvalue weighted by atomic mass is 32.2. The fraction of sp³-hybridized carbons (Fsp3) is 0.294. The number of aromatic nitrogens is 2. The van der Waals surface area contributed by atoms with E-state index in [1.807, 2.05) is 52.0 Å². The van der Waals surface area contributed by atoms with Crippen molar-refractivity contribution in [3.63, 3.8) is 0 Å². The van der Waals surface area contributed by atoms with Crippen molar-refractivity contribution >= 4 is 27.8 Å². The van der Waals surface area contributed by atoms with E-state index in [2.05, 4.69) is 26.7 Å². The van der Waals surface area contributed by atoms with Crippen LogP contribution < -0.4 is 15.4 Å². The second-order valence-electron chi connectivity index (χ2n) is 11.5. The van der Waals surface area contributed by atoms with Crippen LogP contribution in [0.1, 0.15) is 50.3 Å². The zero-order valence-electron chi connectivity index (χ0n) is 26.4. The number of ether oxygens (including phenoxy) is 2. The van der Waals surface area contributed by atoms with Crippen molar-refractivity contribution in [3.05, 3.63) is 95.7 Å². The lowest BCUT2D eigenvalue weighted by molar-refractivity contribution is 0.0525. The number of alkyl carbamates (subject to hydrolysis) is 1. The van der Waals surface area contributed by atoms with Gasteiger partial charge in [-0.1, -0.05) is 49.4 Å². The molecule has 0 aliphatic heterocycles. The summed E-state index contributed by atoms with van der Waals surface area (Å²) in [5.41, 5.74) is 3.28. The third-order valence-corrected chi connectivity index (χ3v) is 8.15. The molecule has 0 saturated carbocycles. The fourth-order valence-electron chi connectivity index (χ4n) is 4.35. The van der Waals surface area contributed by atoms with Gasteiger partial charge in [0.2, 0.25) is 5.95 Å². The molecule has 240 valence electrons. The van der Waals surface area contributed by atoms with Crippen molar-refractivity contribution in [1.82, 2.24) is 15.3 Å². The summed E-state index contributed by atoms with van der Waals surface area (Å²) in [5, 5.41) is 15.6. The Bertz CT molecular complexity index is 1800. The first-order chi connectivity index (χ1) is 21.8. The first kappa shape index (κ1) is 33.9. The Morgan fingerprint density at radius 3 is 2.35 bits per heavy atom. The van der Waals surface area contributed by atoms with Crippen LogP contribution in [0.2, 0.25) is 0 Å². The molecule has 1 atom stereocenters. The predicted molar refractivity (Wildman–Crippen MR) is 174 cm³/mol. The molecular weight excluding hydrogens is 606 g/mol. The molecule has 0 aliphatic carbocycles. The Kier molecular flexibility index (Phi) is 10.9. The summed E-state index contributed by atoms with van der Waals surface area (Å²) in [6.45, 7) is 9.47. The zero-order chi connectivity index (χ0) is 33.3. The highest BCUT2D eigenvalue weighted by Gasteiger charge is 2.18. The van der Waals surface area contributed by atoms with E-state index >= 15 is 0 Å². The number of carbonyl (C=O) groups excluding carboxylic acids is 1. The van der Waals surface area contributed by atoms with Crippen LogP contribution >= 0.6 is 0 Å². The molecule has 11 nitrogen and oxygen atoms in total. The molecule has 0 radical (unpaired) electrons. The summed E-state index contributed by atoms with van der Waals surface area (Å²) in [6, 6.07) is 23.4. The Hall–Kier alpha value is -4.99. The average molecular weight is 644 g/mol. The minimum Gasteiger partial charge on any atom is -0.491 e. The van der Waals surface area contributed by atoms with Crippen molar-refractivity contribution < 1.29 is 26.9 Å². The molecule has 0 fully saturated rings. The number of rotatable bonds is 12. The second kappa shape index (κ2) is 14.9. The number of nitrogens with zero attached hydrogens (tertiary/aromatic N) is 3. The van der Waals surface area contributed by atoms with E-state index in [0.717, 1.165) is 11.1 Å². The van der Waals surface area contributed by atoms with E-state index in [1.165, 1.54) is 12.3 Å². The lowest BCUT2D eigenvalue weighted by atomic mass is 9.98. The third-order valence-electron chi connectivity index (χ3n) is 6.68. The summed E-state index contributed by atoms with van der Waals surface area (Å²) in [5.74, 6) is 0.863. The first-order valence-corrected chi connectivity index (χ1v) is 16.0. The summed E-state index contributed by atoms with van der Waals surface area (Å²) in [4.78, 5) is 21.0. The highest BCUT2D eigenvalue weighted by molar-refractivity contribution is 7.86. The molecule has 1 heterocycles. The van der Waals surface area contributed by atoms with E-state index in [1.54, 1.807) is 49.4 Å². The summed E-state index contributed by atoms with van der Waals surface area (Å²) in [6.07, 6.45) is 1.00. The highest BCUT2D eigenvalue weighted by Crippen LogP contribution is 2.26. The number of benzene rings is 3. The quantitative estimate of drug-likeness (QED) is 0.130. The minimum absolute atomic E-state index is 0.0331. The maximum absolute atomic E-state index is 12.4. The van der Waals surface area contributed by atoms with Crippen LogP contribution in [0.4, 0.5) is 16.4 Å². The molecular formula is C34H37N5O6S.